The standard InChI is InChI=1S/C4H10N2O/c1-3(2-7)4(5)6/h7H,2,5-6H2,1H3. The van der Waals surface area contributed by atoms with Crippen molar-refractivity contribution in [3.63, 3.8) is 0 Å². The van der Waals surface area contributed by atoms with E-state index < -0.39 is 0 Å². The summed E-state index contributed by atoms with van der Waals surface area (Å²) >= 11 is 0. The minimum Gasteiger partial charge on any atom is -0.392 e. The van der Waals surface area contributed by atoms with Gasteiger partial charge in [-0.05, 0) is 12.5 Å². The van der Waals surface area contributed by atoms with Crippen LogP contribution in [0.1, 0.15) is 6.92 Å². The molecule has 3 heteroatoms. The number of nitrogens with two attached hydrogens (primary N) is 2. The zero-order valence-electron chi connectivity index (χ0n) is 4.31. The molecule has 0 aliphatic heterocycles. The van der Waals surface area contributed by atoms with Gasteiger partial charge in [0.25, 0.3) is 0 Å². The fourth-order valence-electron chi connectivity index (χ4n) is 0.0913. The van der Waals surface area contributed by atoms with Crippen molar-refractivity contribution in [1.29, 1.82) is 0 Å². The highest BCUT2D eigenvalue weighted by atomic mass is 16.3. The molecular formula is C4H10N2O. The van der Waals surface area contributed by atoms with E-state index in [4.69, 9.17) is 16.6 Å². The van der Waals surface area contributed by atoms with Crippen LogP contribution in [-0.4, -0.2) is 11.7 Å². The van der Waals surface area contributed by atoms with Crippen molar-refractivity contribution in [2.24, 2.45) is 11.5 Å². The van der Waals surface area contributed by atoms with Gasteiger partial charge in [0.05, 0.1) is 12.4 Å². The molecule has 0 atom stereocenters. The molecule has 0 rings (SSSR count). The van der Waals surface area contributed by atoms with E-state index in [0.717, 1.165) is 0 Å². The van der Waals surface area contributed by atoms with Crippen LogP contribution < -0.4 is 11.5 Å². The Hall–Kier alpha value is -0.700. The molecule has 5 N–H and O–H groups in total. The Balaban J connectivity index is 3.72. The third kappa shape index (κ3) is 2.05. The maximum Gasteiger partial charge on any atom is 0.0945 e. The molecule has 0 aromatic rings. The van der Waals surface area contributed by atoms with Crippen LogP contribution in [0.25, 0.3) is 0 Å². The quantitative estimate of drug-likeness (QED) is 0.403. The minimum absolute atomic E-state index is 0.0532. The van der Waals surface area contributed by atoms with Crippen LogP contribution in [0, 0.1) is 0 Å². The van der Waals surface area contributed by atoms with Gasteiger partial charge in [-0.1, -0.05) is 0 Å². The van der Waals surface area contributed by atoms with E-state index in [1.165, 1.54) is 0 Å². The van der Waals surface area contributed by atoms with Gasteiger partial charge in [0, 0.05) is 0 Å². The van der Waals surface area contributed by atoms with E-state index in [2.05, 4.69) is 0 Å². The molecule has 7 heavy (non-hydrogen) atoms. The molecule has 3 nitrogen and oxygen atoms in total. The number of hydrogen-bond acceptors (Lipinski definition) is 3. The summed E-state index contributed by atoms with van der Waals surface area (Å²) in [6, 6.07) is 0. The van der Waals surface area contributed by atoms with Crippen LogP contribution in [0.15, 0.2) is 11.4 Å². The molecule has 0 spiro atoms. The van der Waals surface area contributed by atoms with Crippen molar-refractivity contribution in [1.82, 2.24) is 0 Å². The van der Waals surface area contributed by atoms with Crippen molar-refractivity contribution < 1.29 is 5.11 Å². The first-order valence-electron chi connectivity index (χ1n) is 2.00. The van der Waals surface area contributed by atoms with E-state index in [0.29, 0.717) is 5.57 Å². The lowest BCUT2D eigenvalue weighted by atomic mass is 10.3. The Morgan fingerprint density at radius 1 is 1.57 bits per heavy atom. The van der Waals surface area contributed by atoms with Gasteiger partial charge >= 0.3 is 0 Å². The predicted molar refractivity (Wildman–Crippen MR) is 28.2 cm³/mol. The van der Waals surface area contributed by atoms with E-state index >= 15 is 0 Å². The molecule has 0 unspecified atom stereocenters. The molecule has 0 heterocycles. The summed E-state index contributed by atoms with van der Waals surface area (Å²) in [6.45, 7) is 1.62. The molecule has 0 radical (unpaired) electrons. The second-order valence-corrected chi connectivity index (χ2v) is 1.39. The normalized spacial score (nSPS) is 8.29. The summed E-state index contributed by atoms with van der Waals surface area (Å²) in [5.41, 5.74) is 10.7. The van der Waals surface area contributed by atoms with Crippen LogP contribution in [-0.2, 0) is 0 Å². The lowest BCUT2D eigenvalue weighted by molar-refractivity contribution is 0.330. The second kappa shape index (κ2) is 2.47. The first kappa shape index (κ1) is 6.30. The van der Waals surface area contributed by atoms with Gasteiger partial charge in [-0.2, -0.15) is 0 Å². The average molecular weight is 102 g/mol. The zero-order chi connectivity index (χ0) is 5.86. The molecule has 0 aliphatic rings. The monoisotopic (exact) mass is 102 g/mol. The van der Waals surface area contributed by atoms with Gasteiger partial charge in [-0.25, -0.2) is 0 Å². The maximum absolute atomic E-state index is 8.29. The smallest absolute Gasteiger partial charge is 0.0945 e. The third-order valence-corrected chi connectivity index (χ3v) is 0.730. The molecule has 0 bridgehead atoms. The zero-order valence-corrected chi connectivity index (χ0v) is 4.31. The summed E-state index contributed by atoms with van der Waals surface area (Å²) in [6.07, 6.45) is 0. The second-order valence-electron chi connectivity index (χ2n) is 1.39. The Labute approximate surface area is 42.6 Å². The maximum atomic E-state index is 8.29. The van der Waals surface area contributed by atoms with Gasteiger partial charge in [0.2, 0.25) is 0 Å². The fourth-order valence-corrected chi connectivity index (χ4v) is 0.0913. The van der Waals surface area contributed by atoms with Crippen molar-refractivity contribution >= 4 is 0 Å². The van der Waals surface area contributed by atoms with Crippen molar-refractivity contribution in [3.05, 3.63) is 11.4 Å². The average Bonchev–Trinajstić information content (AvgIpc) is 1.65. The summed E-state index contributed by atoms with van der Waals surface area (Å²) in [5, 5.41) is 8.29. The molecule has 42 valence electrons. The topological polar surface area (TPSA) is 72.3 Å². The number of aliphatic hydroxyl groups excluding tert-OH is 1. The molecule has 0 saturated carbocycles. The predicted octanol–water partition coefficient (Wildman–Crippen LogP) is -0.872. The molecule has 0 fully saturated rings. The summed E-state index contributed by atoms with van der Waals surface area (Å²) in [5.74, 6) is 0.211. The first-order chi connectivity index (χ1) is 3.18. The van der Waals surface area contributed by atoms with Gasteiger partial charge in [-0.15, -0.1) is 0 Å². The van der Waals surface area contributed by atoms with Crippen LogP contribution >= 0.6 is 0 Å². The van der Waals surface area contributed by atoms with E-state index in [1.54, 1.807) is 6.92 Å². The Morgan fingerprint density at radius 3 is 2.00 bits per heavy atom. The SMILES string of the molecule is CC(CO)=C(N)N. The Morgan fingerprint density at radius 2 is 2.00 bits per heavy atom. The fraction of sp³-hybridized carbons (Fsp3) is 0.500. The highest BCUT2D eigenvalue weighted by Gasteiger charge is 1.85. The number of hydrogen-bond donors (Lipinski definition) is 3. The highest BCUT2D eigenvalue weighted by molar-refractivity contribution is 5.03. The van der Waals surface area contributed by atoms with Crippen LogP contribution in [0.3, 0.4) is 0 Å². The van der Waals surface area contributed by atoms with E-state index in [9.17, 15) is 0 Å². The number of aliphatic hydroxyl groups is 1. The molecule has 0 aromatic carbocycles. The van der Waals surface area contributed by atoms with Gasteiger partial charge in [0.15, 0.2) is 0 Å². The molecule has 0 saturated heterocycles. The summed E-state index contributed by atoms with van der Waals surface area (Å²) < 4.78 is 0. The minimum atomic E-state index is -0.0532. The third-order valence-electron chi connectivity index (χ3n) is 0.730. The van der Waals surface area contributed by atoms with Crippen LogP contribution in [0.4, 0.5) is 0 Å². The van der Waals surface area contributed by atoms with E-state index in [-0.39, 0.29) is 12.4 Å². The molecule has 0 aliphatic carbocycles. The van der Waals surface area contributed by atoms with Crippen molar-refractivity contribution in [3.8, 4) is 0 Å². The van der Waals surface area contributed by atoms with Gasteiger partial charge in [0.1, 0.15) is 0 Å². The van der Waals surface area contributed by atoms with Crippen molar-refractivity contribution in [2.45, 2.75) is 6.92 Å². The molecular weight excluding hydrogens is 92.1 g/mol. The lowest BCUT2D eigenvalue weighted by Crippen LogP contribution is -2.12. The largest absolute Gasteiger partial charge is 0.392 e. The summed E-state index contributed by atoms with van der Waals surface area (Å²) in [4.78, 5) is 0. The Bertz CT molecular complexity index is 83.7. The van der Waals surface area contributed by atoms with Gasteiger partial charge in [-0.3, -0.25) is 0 Å². The molecule has 0 amide bonds. The molecule has 0 aromatic heterocycles. The van der Waals surface area contributed by atoms with Crippen LogP contribution in [0.5, 0.6) is 0 Å². The van der Waals surface area contributed by atoms with Gasteiger partial charge < -0.3 is 16.6 Å². The first-order valence-corrected chi connectivity index (χ1v) is 2.00. The van der Waals surface area contributed by atoms with Crippen molar-refractivity contribution in [2.75, 3.05) is 6.61 Å². The lowest BCUT2D eigenvalue weighted by Gasteiger charge is -1.94. The van der Waals surface area contributed by atoms with E-state index in [1.807, 2.05) is 0 Å². The number of rotatable bonds is 1. The Kier molecular flexibility index (Phi) is 2.22. The summed E-state index contributed by atoms with van der Waals surface area (Å²) in [7, 11) is 0. The highest BCUT2D eigenvalue weighted by Crippen LogP contribution is 1.86. The van der Waals surface area contributed by atoms with Crippen LogP contribution in [0.2, 0.25) is 0 Å².